The Kier molecular flexibility index (Phi) is 4.08. The Morgan fingerprint density at radius 2 is 2.31 bits per heavy atom. The molecule has 1 rings (SSSR count). The molecule has 3 heteroatoms. The van der Waals surface area contributed by atoms with Gasteiger partial charge in [-0.05, 0) is 26.0 Å². The molecule has 0 radical (unpaired) electrons. The highest BCUT2D eigenvalue weighted by Crippen LogP contribution is 2.42. The lowest BCUT2D eigenvalue weighted by atomic mass is 9.84. The average molecular weight is 198 g/mol. The van der Waals surface area contributed by atoms with E-state index >= 15 is 0 Å². The molecule has 0 saturated heterocycles. The fourth-order valence-electron chi connectivity index (χ4n) is 1.59. The van der Waals surface area contributed by atoms with E-state index in [-0.39, 0.29) is 5.92 Å². The molecule has 1 atom stereocenters. The van der Waals surface area contributed by atoms with Gasteiger partial charge in [-0.3, -0.25) is 0 Å². The summed E-state index contributed by atoms with van der Waals surface area (Å²) in [5, 5.41) is 12.0. The Morgan fingerprint density at radius 3 is 2.69 bits per heavy atom. The Balaban J connectivity index is 2.15. The molecule has 0 aromatic carbocycles. The quantitative estimate of drug-likeness (QED) is 0.734. The summed E-state index contributed by atoms with van der Waals surface area (Å²) in [5.41, 5.74) is 0. The summed E-state index contributed by atoms with van der Waals surface area (Å²) in [6.07, 6.45) is 6.23. The molecule has 0 aromatic heterocycles. The molecule has 0 amide bonds. The number of rotatable bonds is 5. The van der Waals surface area contributed by atoms with E-state index < -0.39 is 0 Å². The van der Waals surface area contributed by atoms with Gasteiger partial charge in [0.2, 0.25) is 0 Å². The number of hydrogen-bond acceptors (Lipinski definition) is 3. The van der Waals surface area contributed by atoms with E-state index in [2.05, 4.69) is 17.6 Å². The van der Waals surface area contributed by atoms with Gasteiger partial charge < -0.3 is 5.32 Å². The molecule has 1 N–H and O–H groups in total. The van der Waals surface area contributed by atoms with Crippen LogP contribution in [0.2, 0.25) is 0 Å². The van der Waals surface area contributed by atoms with Crippen LogP contribution in [0.3, 0.4) is 0 Å². The minimum Gasteiger partial charge on any atom is -0.314 e. The molecular formula is C10H18N2S. The second-order valence-corrected chi connectivity index (χ2v) is 5.18. The van der Waals surface area contributed by atoms with Gasteiger partial charge in [0.1, 0.15) is 0 Å². The SMILES string of the molecule is CSC1(CNCC(C)C#N)CCC1. The first-order valence-corrected chi connectivity index (χ1v) is 6.10. The van der Waals surface area contributed by atoms with Gasteiger partial charge in [-0.15, -0.1) is 0 Å². The smallest absolute Gasteiger partial charge is 0.0666 e. The van der Waals surface area contributed by atoms with E-state index in [1.54, 1.807) is 0 Å². The molecule has 1 aliphatic rings. The van der Waals surface area contributed by atoms with Crippen molar-refractivity contribution in [2.45, 2.75) is 30.9 Å². The number of thioether (sulfide) groups is 1. The fourth-order valence-corrected chi connectivity index (χ4v) is 2.53. The molecular weight excluding hydrogens is 180 g/mol. The molecule has 0 aliphatic heterocycles. The van der Waals surface area contributed by atoms with Crippen LogP contribution in [0.15, 0.2) is 0 Å². The number of hydrogen-bond donors (Lipinski definition) is 1. The maximum Gasteiger partial charge on any atom is 0.0666 e. The van der Waals surface area contributed by atoms with E-state index in [0.717, 1.165) is 13.1 Å². The highest BCUT2D eigenvalue weighted by atomic mass is 32.2. The van der Waals surface area contributed by atoms with Crippen molar-refractivity contribution in [3.8, 4) is 6.07 Å². The van der Waals surface area contributed by atoms with E-state index in [9.17, 15) is 0 Å². The van der Waals surface area contributed by atoms with Crippen molar-refractivity contribution in [1.29, 1.82) is 5.26 Å². The van der Waals surface area contributed by atoms with E-state index in [1.165, 1.54) is 19.3 Å². The summed E-state index contributed by atoms with van der Waals surface area (Å²) < 4.78 is 0.495. The predicted molar refractivity (Wildman–Crippen MR) is 57.7 cm³/mol. The topological polar surface area (TPSA) is 35.8 Å². The summed E-state index contributed by atoms with van der Waals surface area (Å²) >= 11 is 1.97. The third-order valence-electron chi connectivity index (χ3n) is 2.82. The maximum atomic E-state index is 8.60. The van der Waals surface area contributed by atoms with Crippen LogP contribution < -0.4 is 5.32 Å². The van der Waals surface area contributed by atoms with Gasteiger partial charge in [0.25, 0.3) is 0 Å². The summed E-state index contributed by atoms with van der Waals surface area (Å²) in [4.78, 5) is 0. The third kappa shape index (κ3) is 2.89. The standard InChI is InChI=1S/C10H18N2S/c1-9(6-11)7-12-8-10(13-2)4-3-5-10/h9,12H,3-5,7-8H2,1-2H3. The first kappa shape index (κ1) is 10.9. The van der Waals surface area contributed by atoms with Crippen molar-refractivity contribution in [3.63, 3.8) is 0 Å². The van der Waals surface area contributed by atoms with Gasteiger partial charge in [-0.2, -0.15) is 17.0 Å². The van der Waals surface area contributed by atoms with Crippen LogP contribution in [0.25, 0.3) is 0 Å². The van der Waals surface area contributed by atoms with Gasteiger partial charge in [0, 0.05) is 17.8 Å². The average Bonchev–Trinajstić information content (AvgIpc) is 2.09. The van der Waals surface area contributed by atoms with Crippen molar-refractivity contribution in [1.82, 2.24) is 5.32 Å². The summed E-state index contributed by atoms with van der Waals surface area (Å²) in [6, 6.07) is 2.24. The lowest BCUT2D eigenvalue weighted by molar-refractivity contribution is 0.343. The molecule has 1 saturated carbocycles. The zero-order valence-corrected chi connectivity index (χ0v) is 9.28. The molecule has 13 heavy (non-hydrogen) atoms. The molecule has 74 valence electrons. The zero-order valence-electron chi connectivity index (χ0n) is 8.47. The Bertz CT molecular complexity index is 188. The van der Waals surface area contributed by atoms with Gasteiger partial charge in [-0.25, -0.2) is 0 Å². The van der Waals surface area contributed by atoms with Crippen LogP contribution in [-0.2, 0) is 0 Å². The molecule has 2 nitrogen and oxygen atoms in total. The second-order valence-electron chi connectivity index (χ2n) is 3.90. The van der Waals surface area contributed by atoms with Gasteiger partial charge in [0.15, 0.2) is 0 Å². The normalized spacial score (nSPS) is 21.6. The first-order chi connectivity index (χ1) is 6.22. The number of nitrogens with one attached hydrogen (secondary N) is 1. The Morgan fingerprint density at radius 1 is 1.62 bits per heavy atom. The molecule has 0 heterocycles. The number of nitriles is 1. The molecule has 1 unspecified atom stereocenters. The largest absolute Gasteiger partial charge is 0.314 e. The first-order valence-electron chi connectivity index (χ1n) is 4.88. The van der Waals surface area contributed by atoms with Gasteiger partial charge in [-0.1, -0.05) is 6.42 Å². The number of nitrogens with zero attached hydrogens (tertiary/aromatic N) is 1. The summed E-state index contributed by atoms with van der Waals surface area (Å²) in [6.45, 7) is 3.86. The van der Waals surface area contributed by atoms with Gasteiger partial charge in [0.05, 0.1) is 12.0 Å². The third-order valence-corrected chi connectivity index (χ3v) is 4.23. The highest BCUT2D eigenvalue weighted by Gasteiger charge is 2.35. The highest BCUT2D eigenvalue weighted by molar-refractivity contribution is 8.00. The van der Waals surface area contributed by atoms with Crippen molar-refractivity contribution in [3.05, 3.63) is 0 Å². The van der Waals surface area contributed by atoms with Crippen LogP contribution in [0.4, 0.5) is 0 Å². The molecule has 0 aromatic rings. The molecule has 1 fully saturated rings. The minimum atomic E-state index is 0.138. The fraction of sp³-hybridized carbons (Fsp3) is 0.900. The lowest BCUT2D eigenvalue weighted by Crippen LogP contribution is -2.44. The summed E-state index contributed by atoms with van der Waals surface area (Å²) in [7, 11) is 0. The van der Waals surface area contributed by atoms with Crippen molar-refractivity contribution >= 4 is 11.8 Å². The zero-order chi connectivity index (χ0) is 9.73. The lowest BCUT2D eigenvalue weighted by Gasteiger charge is -2.40. The van der Waals surface area contributed by atoms with Crippen LogP contribution >= 0.6 is 11.8 Å². The molecule has 1 aliphatic carbocycles. The Labute approximate surface area is 85.1 Å². The monoisotopic (exact) mass is 198 g/mol. The molecule has 0 spiro atoms. The van der Waals surface area contributed by atoms with Crippen LogP contribution in [0.1, 0.15) is 26.2 Å². The van der Waals surface area contributed by atoms with Crippen LogP contribution in [-0.4, -0.2) is 24.1 Å². The van der Waals surface area contributed by atoms with E-state index in [1.807, 2.05) is 18.7 Å². The minimum absolute atomic E-state index is 0.138. The van der Waals surface area contributed by atoms with E-state index in [0.29, 0.717) is 4.75 Å². The maximum absolute atomic E-state index is 8.60. The van der Waals surface area contributed by atoms with Crippen LogP contribution in [0, 0.1) is 17.2 Å². The molecule has 0 bridgehead atoms. The second kappa shape index (κ2) is 4.88. The summed E-state index contributed by atoms with van der Waals surface area (Å²) in [5.74, 6) is 0.138. The van der Waals surface area contributed by atoms with Crippen molar-refractivity contribution in [2.24, 2.45) is 5.92 Å². The van der Waals surface area contributed by atoms with Crippen LogP contribution in [0.5, 0.6) is 0 Å². The predicted octanol–water partition coefficient (Wildman–Crippen LogP) is 2.02. The van der Waals surface area contributed by atoms with Gasteiger partial charge >= 0.3 is 0 Å². The Hall–Kier alpha value is -0.200. The van der Waals surface area contributed by atoms with E-state index in [4.69, 9.17) is 5.26 Å². The van der Waals surface area contributed by atoms with Crippen molar-refractivity contribution in [2.75, 3.05) is 19.3 Å². The van der Waals surface area contributed by atoms with Crippen molar-refractivity contribution < 1.29 is 0 Å².